The first-order chi connectivity index (χ1) is 12.7. The van der Waals surface area contributed by atoms with Crippen LogP contribution in [-0.4, -0.2) is 23.8 Å². The second-order valence-corrected chi connectivity index (χ2v) is 7.43. The lowest BCUT2D eigenvalue weighted by Gasteiger charge is -2.12. The summed E-state index contributed by atoms with van der Waals surface area (Å²) < 4.78 is 8.10. The van der Waals surface area contributed by atoms with E-state index >= 15 is 0 Å². The molecule has 0 bridgehead atoms. The molecule has 1 fully saturated rings. The van der Waals surface area contributed by atoms with Crippen molar-refractivity contribution in [3.8, 4) is 0 Å². The van der Waals surface area contributed by atoms with Gasteiger partial charge in [0.1, 0.15) is 0 Å². The van der Waals surface area contributed by atoms with Gasteiger partial charge in [-0.25, -0.2) is 0 Å². The van der Waals surface area contributed by atoms with Gasteiger partial charge in [0.05, 0.1) is 6.10 Å². The minimum Gasteiger partial charge on any atom is -0.377 e. The van der Waals surface area contributed by atoms with Crippen molar-refractivity contribution in [3.63, 3.8) is 0 Å². The van der Waals surface area contributed by atoms with Crippen molar-refractivity contribution in [3.05, 3.63) is 70.4 Å². The Balaban J connectivity index is 1.61. The smallest absolute Gasteiger partial charge is 0.0700 e. The highest BCUT2D eigenvalue weighted by Crippen LogP contribution is 2.28. The molecule has 1 N–H and O–H groups in total. The van der Waals surface area contributed by atoms with Crippen LogP contribution in [-0.2, 0) is 17.8 Å². The van der Waals surface area contributed by atoms with Gasteiger partial charge in [-0.15, -0.1) is 0 Å². The Hall–Kier alpha value is -1.81. The van der Waals surface area contributed by atoms with E-state index < -0.39 is 0 Å². The Bertz CT molecular complexity index is 896. The molecule has 2 aromatic carbocycles. The van der Waals surface area contributed by atoms with Gasteiger partial charge in [0.25, 0.3) is 0 Å². The highest BCUT2D eigenvalue weighted by atomic mass is 35.5. The molecule has 2 heterocycles. The topological polar surface area (TPSA) is 26.2 Å². The molecule has 3 aromatic rings. The predicted molar refractivity (Wildman–Crippen MR) is 108 cm³/mol. The Morgan fingerprint density at radius 2 is 1.96 bits per heavy atom. The van der Waals surface area contributed by atoms with Gasteiger partial charge in [0, 0.05) is 47.9 Å². The predicted octanol–water partition coefficient (Wildman–Crippen LogP) is 4.92. The summed E-state index contributed by atoms with van der Waals surface area (Å²) in [7, 11) is 0. The van der Waals surface area contributed by atoms with Gasteiger partial charge in [-0.3, -0.25) is 0 Å². The zero-order chi connectivity index (χ0) is 17.9. The van der Waals surface area contributed by atoms with Gasteiger partial charge in [-0.2, -0.15) is 0 Å². The van der Waals surface area contributed by atoms with Gasteiger partial charge >= 0.3 is 0 Å². The van der Waals surface area contributed by atoms with E-state index in [1.807, 2.05) is 18.2 Å². The summed E-state index contributed by atoms with van der Waals surface area (Å²) in [6.07, 6.45) is 2.72. The van der Waals surface area contributed by atoms with Gasteiger partial charge in [0.15, 0.2) is 0 Å². The molecule has 0 aliphatic carbocycles. The van der Waals surface area contributed by atoms with Crippen LogP contribution in [0, 0.1) is 6.92 Å². The van der Waals surface area contributed by atoms with Crippen molar-refractivity contribution < 1.29 is 4.74 Å². The van der Waals surface area contributed by atoms with E-state index in [-0.39, 0.29) is 0 Å². The number of ether oxygens (including phenoxy) is 1. The molecule has 3 nitrogen and oxygen atoms in total. The minimum atomic E-state index is 0.367. The molecule has 136 valence electrons. The quantitative estimate of drug-likeness (QED) is 0.668. The maximum absolute atomic E-state index is 6.40. The maximum Gasteiger partial charge on any atom is 0.0700 e. The summed E-state index contributed by atoms with van der Waals surface area (Å²) in [5, 5.41) is 5.74. The molecule has 1 atom stereocenters. The second-order valence-electron chi connectivity index (χ2n) is 7.02. The molecule has 0 amide bonds. The number of halogens is 1. The van der Waals surface area contributed by atoms with E-state index in [0.29, 0.717) is 6.10 Å². The number of hydrogen-bond acceptors (Lipinski definition) is 2. The third kappa shape index (κ3) is 3.52. The van der Waals surface area contributed by atoms with Crippen molar-refractivity contribution in [1.29, 1.82) is 0 Å². The average Bonchev–Trinajstić information content (AvgIpc) is 3.26. The molecule has 4 heteroatoms. The van der Waals surface area contributed by atoms with Gasteiger partial charge < -0.3 is 14.6 Å². The first-order valence-corrected chi connectivity index (χ1v) is 9.74. The third-order valence-corrected chi connectivity index (χ3v) is 5.71. The SMILES string of the molecule is Cc1c(CNC[C@H]2CCCO2)c2ccccc2n1Cc1ccccc1Cl. The number of aromatic nitrogens is 1. The number of rotatable bonds is 6. The fraction of sp³-hybridized carbons (Fsp3) is 0.364. The van der Waals surface area contributed by atoms with Crippen molar-refractivity contribution in [2.45, 2.75) is 39.0 Å². The van der Waals surface area contributed by atoms with Crippen LogP contribution in [0.4, 0.5) is 0 Å². The van der Waals surface area contributed by atoms with Gasteiger partial charge in [-0.1, -0.05) is 48.0 Å². The van der Waals surface area contributed by atoms with E-state index in [1.54, 1.807) is 0 Å². The minimum absolute atomic E-state index is 0.367. The number of nitrogens with one attached hydrogen (secondary N) is 1. The van der Waals surface area contributed by atoms with Crippen LogP contribution in [0.1, 0.15) is 29.7 Å². The van der Waals surface area contributed by atoms with Crippen LogP contribution in [0.2, 0.25) is 5.02 Å². The number of para-hydroxylation sites is 1. The molecule has 0 spiro atoms. The van der Waals surface area contributed by atoms with Gasteiger partial charge in [0.2, 0.25) is 0 Å². The van der Waals surface area contributed by atoms with Crippen molar-refractivity contribution in [2.75, 3.05) is 13.2 Å². The van der Waals surface area contributed by atoms with E-state index in [2.05, 4.69) is 47.1 Å². The standard InChI is InChI=1S/C22H25ClN2O/c1-16-20(14-24-13-18-8-6-12-26-18)19-9-3-5-11-22(19)25(16)15-17-7-2-4-10-21(17)23/h2-5,7,9-11,18,24H,6,8,12-15H2,1H3/t18-/m1/s1. The summed E-state index contributed by atoms with van der Waals surface area (Å²) in [5.74, 6) is 0. The number of benzene rings is 2. The number of nitrogens with zero attached hydrogens (tertiary/aromatic N) is 1. The summed E-state index contributed by atoms with van der Waals surface area (Å²) in [6.45, 7) is 5.69. The summed E-state index contributed by atoms with van der Waals surface area (Å²) in [6, 6.07) is 16.7. The van der Waals surface area contributed by atoms with Crippen molar-refractivity contribution >= 4 is 22.5 Å². The normalized spacial score (nSPS) is 17.2. The highest BCUT2D eigenvalue weighted by molar-refractivity contribution is 6.31. The fourth-order valence-corrected chi connectivity index (χ4v) is 4.09. The van der Waals surface area contributed by atoms with E-state index in [0.717, 1.165) is 36.8 Å². The van der Waals surface area contributed by atoms with E-state index in [1.165, 1.54) is 35.0 Å². The zero-order valence-electron chi connectivity index (χ0n) is 15.2. The molecule has 1 aromatic heterocycles. The molecule has 1 aliphatic heterocycles. The third-order valence-electron chi connectivity index (χ3n) is 5.35. The maximum atomic E-state index is 6.40. The molecule has 1 aliphatic rings. The van der Waals surface area contributed by atoms with Crippen LogP contribution in [0.25, 0.3) is 10.9 Å². The lowest BCUT2D eigenvalue weighted by molar-refractivity contribution is 0.110. The summed E-state index contributed by atoms with van der Waals surface area (Å²) in [5.41, 5.74) is 5.08. The van der Waals surface area contributed by atoms with Gasteiger partial charge in [-0.05, 0) is 43.0 Å². The Morgan fingerprint density at radius 1 is 1.15 bits per heavy atom. The van der Waals surface area contributed by atoms with Crippen LogP contribution >= 0.6 is 11.6 Å². The lowest BCUT2D eigenvalue weighted by atomic mass is 10.1. The molecule has 0 unspecified atom stereocenters. The second kappa shape index (κ2) is 7.83. The summed E-state index contributed by atoms with van der Waals surface area (Å²) >= 11 is 6.40. The Morgan fingerprint density at radius 3 is 2.77 bits per heavy atom. The Kier molecular flexibility index (Phi) is 5.30. The average molecular weight is 369 g/mol. The van der Waals surface area contributed by atoms with E-state index in [9.17, 15) is 0 Å². The highest BCUT2D eigenvalue weighted by Gasteiger charge is 2.17. The molecule has 0 saturated carbocycles. The lowest BCUT2D eigenvalue weighted by Crippen LogP contribution is -2.26. The zero-order valence-corrected chi connectivity index (χ0v) is 15.9. The van der Waals surface area contributed by atoms with Crippen LogP contribution in [0.3, 0.4) is 0 Å². The molecular weight excluding hydrogens is 344 g/mol. The number of fused-ring (bicyclic) bond motifs is 1. The van der Waals surface area contributed by atoms with Crippen molar-refractivity contribution in [2.24, 2.45) is 0 Å². The molecule has 26 heavy (non-hydrogen) atoms. The van der Waals surface area contributed by atoms with Crippen LogP contribution < -0.4 is 5.32 Å². The van der Waals surface area contributed by atoms with Crippen molar-refractivity contribution in [1.82, 2.24) is 9.88 Å². The number of hydrogen-bond donors (Lipinski definition) is 1. The largest absolute Gasteiger partial charge is 0.377 e. The molecule has 1 saturated heterocycles. The van der Waals surface area contributed by atoms with Crippen LogP contribution in [0.5, 0.6) is 0 Å². The first-order valence-electron chi connectivity index (χ1n) is 9.36. The molecule has 0 radical (unpaired) electrons. The molecular formula is C22H25ClN2O. The first kappa shape index (κ1) is 17.6. The molecule has 4 rings (SSSR count). The summed E-state index contributed by atoms with van der Waals surface area (Å²) in [4.78, 5) is 0. The van der Waals surface area contributed by atoms with Crippen LogP contribution in [0.15, 0.2) is 48.5 Å². The Labute approximate surface area is 159 Å². The van der Waals surface area contributed by atoms with E-state index in [4.69, 9.17) is 16.3 Å². The fourth-order valence-electron chi connectivity index (χ4n) is 3.89. The monoisotopic (exact) mass is 368 g/mol.